The Morgan fingerprint density at radius 1 is 1.19 bits per heavy atom. The van der Waals surface area contributed by atoms with Crippen molar-refractivity contribution in [3.05, 3.63) is 54.5 Å². The van der Waals surface area contributed by atoms with Crippen molar-refractivity contribution in [1.82, 2.24) is 9.55 Å². The molecule has 0 radical (unpaired) electrons. The van der Waals surface area contributed by atoms with Crippen LogP contribution in [0.15, 0.2) is 48.9 Å². The van der Waals surface area contributed by atoms with E-state index >= 15 is 0 Å². The van der Waals surface area contributed by atoms with E-state index in [-0.39, 0.29) is 0 Å². The van der Waals surface area contributed by atoms with Crippen LogP contribution in [0.3, 0.4) is 0 Å². The van der Waals surface area contributed by atoms with Gasteiger partial charge in [-0.15, -0.1) is 0 Å². The van der Waals surface area contributed by atoms with E-state index in [4.69, 9.17) is 5.73 Å². The summed E-state index contributed by atoms with van der Waals surface area (Å²) in [4.78, 5) is 4.05. The minimum Gasteiger partial charge on any atom is -0.373 e. The van der Waals surface area contributed by atoms with Gasteiger partial charge in [-0.3, -0.25) is 4.98 Å². The van der Waals surface area contributed by atoms with E-state index in [1.807, 2.05) is 29.8 Å². The maximum absolute atomic E-state index is 10.2. The summed E-state index contributed by atoms with van der Waals surface area (Å²) in [5, 5.41) is 11.3. The Bertz CT molecular complexity index is 749. The summed E-state index contributed by atoms with van der Waals surface area (Å²) in [6.07, 6.45) is 5.65. The Labute approximate surface area is 123 Å². The Kier molecular flexibility index (Phi) is 3.73. The average molecular weight is 281 g/mol. The van der Waals surface area contributed by atoms with Crippen LogP contribution >= 0.6 is 0 Å². The summed E-state index contributed by atoms with van der Waals surface area (Å²) in [7, 11) is 0. The Morgan fingerprint density at radius 3 is 2.62 bits per heavy atom. The lowest BCUT2D eigenvalue weighted by atomic mass is 10.0. The van der Waals surface area contributed by atoms with Crippen LogP contribution < -0.4 is 5.73 Å². The highest BCUT2D eigenvalue weighted by Crippen LogP contribution is 2.29. The fourth-order valence-corrected chi connectivity index (χ4v) is 2.65. The molecule has 21 heavy (non-hydrogen) atoms. The van der Waals surface area contributed by atoms with Crippen LogP contribution in [0.4, 0.5) is 0 Å². The molecular formula is C17H19N3O. The molecule has 4 heteroatoms. The van der Waals surface area contributed by atoms with Crippen molar-refractivity contribution >= 4 is 10.9 Å². The van der Waals surface area contributed by atoms with Gasteiger partial charge in [0.05, 0.1) is 5.52 Å². The zero-order valence-corrected chi connectivity index (χ0v) is 12.0. The summed E-state index contributed by atoms with van der Waals surface area (Å²) in [6.45, 7) is 2.43. The molecule has 0 aliphatic carbocycles. The maximum Gasteiger partial charge on any atom is 0.130 e. The average Bonchev–Trinajstić information content (AvgIpc) is 2.93. The van der Waals surface area contributed by atoms with Crippen molar-refractivity contribution < 1.29 is 5.11 Å². The SMILES string of the molecule is CCC(O)n1cc(CN)c2ccc(-c3ccncc3)cc21. The van der Waals surface area contributed by atoms with E-state index in [1.54, 1.807) is 12.4 Å². The highest BCUT2D eigenvalue weighted by atomic mass is 16.3. The molecule has 0 saturated carbocycles. The second-order valence-corrected chi connectivity index (χ2v) is 5.12. The number of aliphatic hydroxyl groups excluding tert-OH is 1. The first-order valence-corrected chi connectivity index (χ1v) is 7.16. The summed E-state index contributed by atoms with van der Waals surface area (Å²) in [5.74, 6) is 0. The predicted molar refractivity (Wildman–Crippen MR) is 84.6 cm³/mol. The van der Waals surface area contributed by atoms with Crippen LogP contribution in [0.25, 0.3) is 22.0 Å². The quantitative estimate of drug-likeness (QED) is 0.772. The molecule has 3 rings (SSSR count). The monoisotopic (exact) mass is 281 g/mol. The third kappa shape index (κ3) is 2.44. The van der Waals surface area contributed by atoms with Crippen LogP contribution in [0.5, 0.6) is 0 Å². The maximum atomic E-state index is 10.2. The molecule has 108 valence electrons. The summed E-state index contributed by atoms with van der Waals surface area (Å²) in [5.41, 5.74) is 10.1. The van der Waals surface area contributed by atoms with Gasteiger partial charge in [0.15, 0.2) is 0 Å². The first kappa shape index (κ1) is 13.8. The van der Waals surface area contributed by atoms with Crippen molar-refractivity contribution in [2.24, 2.45) is 5.73 Å². The van der Waals surface area contributed by atoms with Gasteiger partial charge in [0.2, 0.25) is 0 Å². The molecule has 2 aromatic heterocycles. The third-order valence-electron chi connectivity index (χ3n) is 3.84. The highest BCUT2D eigenvalue weighted by molar-refractivity contribution is 5.88. The highest BCUT2D eigenvalue weighted by Gasteiger charge is 2.13. The summed E-state index contributed by atoms with van der Waals surface area (Å²) < 4.78 is 1.90. The van der Waals surface area contributed by atoms with Crippen molar-refractivity contribution in [2.75, 3.05) is 0 Å². The van der Waals surface area contributed by atoms with Crippen molar-refractivity contribution in [1.29, 1.82) is 0 Å². The largest absolute Gasteiger partial charge is 0.373 e. The van der Waals surface area contributed by atoms with E-state index in [0.717, 1.165) is 27.6 Å². The van der Waals surface area contributed by atoms with Gasteiger partial charge in [-0.25, -0.2) is 0 Å². The second-order valence-electron chi connectivity index (χ2n) is 5.12. The fourth-order valence-electron chi connectivity index (χ4n) is 2.65. The van der Waals surface area contributed by atoms with E-state index in [9.17, 15) is 5.11 Å². The van der Waals surface area contributed by atoms with Gasteiger partial charge in [-0.05, 0) is 41.3 Å². The molecule has 1 aromatic carbocycles. The van der Waals surface area contributed by atoms with Gasteiger partial charge in [0.25, 0.3) is 0 Å². The van der Waals surface area contributed by atoms with E-state index < -0.39 is 6.23 Å². The van der Waals surface area contributed by atoms with Crippen molar-refractivity contribution in [3.63, 3.8) is 0 Å². The van der Waals surface area contributed by atoms with Gasteiger partial charge < -0.3 is 15.4 Å². The van der Waals surface area contributed by atoms with Gasteiger partial charge in [0, 0.05) is 30.5 Å². The Hall–Kier alpha value is -2.17. The molecule has 0 saturated heterocycles. The van der Waals surface area contributed by atoms with E-state index in [2.05, 4.69) is 23.2 Å². The first-order chi connectivity index (χ1) is 10.2. The van der Waals surface area contributed by atoms with Gasteiger partial charge in [0.1, 0.15) is 6.23 Å². The molecule has 0 fully saturated rings. The topological polar surface area (TPSA) is 64.1 Å². The number of hydrogen-bond donors (Lipinski definition) is 2. The number of fused-ring (bicyclic) bond motifs is 1. The van der Waals surface area contributed by atoms with Gasteiger partial charge in [-0.1, -0.05) is 19.1 Å². The standard InChI is InChI=1S/C17H19N3O/c1-2-17(21)20-11-14(10-18)15-4-3-13(9-16(15)20)12-5-7-19-8-6-12/h3-9,11,17,21H,2,10,18H2,1H3. The summed E-state index contributed by atoms with van der Waals surface area (Å²) in [6, 6.07) is 10.2. The Morgan fingerprint density at radius 2 is 1.95 bits per heavy atom. The smallest absolute Gasteiger partial charge is 0.130 e. The molecular weight excluding hydrogens is 262 g/mol. The minimum absolute atomic E-state index is 0.467. The van der Waals surface area contributed by atoms with Crippen LogP contribution in [-0.4, -0.2) is 14.7 Å². The number of benzene rings is 1. The first-order valence-electron chi connectivity index (χ1n) is 7.16. The number of rotatable bonds is 4. The van der Waals surface area contributed by atoms with Crippen LogP contribution in [0.1, 0.15) is 25.1 Å². The molecule has 3 N–H and O–H groups in total. The number of aliphatic hydroxyl groups is 1. The van der Waals surface area contributed by atoms with E-state index in [0.29, 0.717) is 13.0 Å². The number of nitrogens with two attached hydrogens (primary N) is 1. The second kappa shape index (κ2) is 5.68. The molecule has 0 spiro atoms. The van der Waals surface area contributed by atoms with Gasteiger partial charge in [-0.2, -0.15) is 0 Å². The molecule has 0 aliphatic rings. The Balaban J connectivity index is 2.20. The number of pyridine rings is 1. The molecule has 2 heterocycles. The van der Waals surface area contributed by atoms with Gasteiger partial charge >= 0.3 is 0 Å². The molecule has 0 aliphatic heterocycles. The lowest BCUT2D eigenvalue weighted by Gasteiger charge is -2.12. The minimum atomic E-state index is -0.527. The zero-order chi connectivity index (χ0) is 14.8. The van der Waals surface area contributed by atoms with Crippen molar-refractivity contribution in [2.45, 2.75) is 26.1 Å². The number of hydrogen-bond acceptors (Lipinski definition) is 3. The zero-order valence-electron chi connectivity index (χ0n) is 12.0. The molecule has 1 unspecified atom stereocenters. The van der Waals surface area contributed by atoms with Crippen molar-refractivity contribution in [3.8, 4) is 11.1 Å². The molecule has 0 bridgehead atoms. The molecule has 1 atom stereocenters. The van der Waals surface area contributed by atoms with Crippen LogP contribution in [0.2, 0.25) is 0 Å². The lowest BCUT2D eigenvalue weighted by molar-refractivity contribution is 0.105. The lowest BCUT2D eigenvalue weighted by Crippen LogP contribution is -2.05. The number of nitrogens with zero attached hydrogens (tertiary/aromatic N) is 2. The van der Waals surface area contributed by atoms with Crippen LogP contribution in [0, 0.1) is 0 Å². The van der Waals surface area contributed by atoms with Crippen LogP contribution in [-0.2, 0) is 6.54 Å². The van der Waals surface area contributed by atoms with E-state index in [1.165, 1.54) is 0 Å². The molecule has 4 nitrogen and oxygen atoms in total. The number of aromatic nitrogens is 2. The normalized spacial score (nSPS) is 12.7. The summed E-state index contributed by atoms with van der Waals surface area (Å²) >= 11 is 0. The molecule has 0 amide bonds. The third-order valence-corrected chi connectivity index (χ3v) is 3.84. The fraction of sp³-hybridized carbons (Fsp3) is 0.235. The molecule has 3 aromatic rings. The predicted octanol–water partition coefficient (Wildman–Crippen LogP) is 3.06.